The van der Waals surface area contributed by atoms with E-state index in [0.717, 1.165) is 0 Å². The lowest BCUT2D eigenvalue weighted by atomic mass is 10.2. The van der Waals surface area contributed by atoms with Crippen LogP contribution in [0.3, 0.4) is 0 Å². The van der Waals surface area contributed by atoms with Gasteiger partial charge in [-0.15, -0.1) is 0 Å². The van der Waals surface area contributed by atoms with Crippen LogP contribution in [0.25, 0.3) is 0 Å². The number of hydrogen-bond donors (Lipinski definition) is 1. The number of aromatic nitrogens is 2. The fraction of sp³-hybridized carbons (Fsp3) is 0.333. The molecule has 128 valence electrons. The van der Waals surface area contributed by atoms with Gasteiger partial charge in [-0.2, -0.15) is 5.10 Å². The van der Waals surface area contributed by atoms with Crippen molar-refractivity contribution in [2.75, 3.05) is 11.5 Å². The van der Waals surface area contributed by atoms with Crippen LogP contribution in [0.5, 0.6) is 5.75 Å². The molecule has 0 radical (unpaired) electrons. The van der Waals surface area contributed by atoms with Crippen molar-refractivity contribution < 1.29 is 17.9 Å². The average Bonchev–Trinajstić information content (AvgIpc) is 3.12. The van der Waals surface area contributed by atoms with Crippen molar-refractivity contribution in [1.82, 2.24) is 15.1 Å². The molecule has 0 unspecified atom stereocenters. The molecule has 1 saturated heterocycles. The standard InChI is InChI=1S/C15H16ClN3O4S/c16-11-2-1-3-13(8-11)23-10-19-6-4-14(18-19)15(20)17-12-5-7-24(21,22)9-12/h1-4,6,8,12H,5,7,9-10H2,(H,17,20)/t12-/m0/s1. The first kappa shape index (κ1) is 16.8. The summed E-state index contributed by atoms with van der Waals surface area (Å²) in [5.74, 6) is 0.302. The molecule has 1 fully saturated rings. The Hall–Kier alpha value is -2.06. The fourth-order valence-corrected chi connectivity index (χ4v) is 4.27. The number of nitrogens with zero attached hydrogens (tertiary/aromatic N) is 2. The van der Waals surface area contributed by atoms with Gasteiger partial charge in [0, 0.05) is 17.3 Å². The highest BCUT2D eigenvalue weighted by atomic mass is 35.5. The maximum atomic E-state index is 12.1. The molecule has 2 aromatic rings. The van der Waals surface area contributed by atoms with E-state index in [0.29, 0.717) is 17.2 Å². The molecule has 0 saturated carbocycles. The lowest BCUT2D eigenvalue weighted by molar-refractivity contribution is 0.0934. The number of carbonyl (C=O) groups is 1. The smallest absolute Gasteiger partial charge is 0.272 e. The molecule has 24 heavy (non-hydrogen) atoms. The van der Waals surface area contributed by atoms with Gasteiger partial charge in [0.2, 0.25) is 0 Å². The molecule has 2 heterocycles. The second kappa shape index (κ2) is 6.82. The molecule has 1 aromatic heterocycles. The molecule has 0 aliphatic carbocycles. The van der Waals surface area contributed by atoms with Crippen molar-refractivity contribution in [3.63, 3.8) is 0 Å². The molecule has 0 spiro atoms. The summed E-state index contributed by atoms with van der Waals surface area (Å²) in [6.07, 6.45) is 2.05. The van der Waals surface area contributed by atoms with E-state index >= 15 is 0 Å². The number of nitrogens with one attached hydrogen (secondary N) is 1. The number of carbonyl (C=O) groups excluding carboxylic acids is 1. The quantitative estimate of drug-likeness (QED) is 0.862. The fourth-order valence-electron chi connectivity index (χ4n) is 2.42. The Morgan fingerprint density at radius 1 is 1.42 bits per heavy atom. The highest BCUT2D eigenvalue weighted by Gasteiger charge is 2.29. The van der Waals surface area contributed by atoms with Gasteiger partial charge < -0.3 is 10.1 Å². The highest BCUT2D eigenvalue weighted by molar-refractivity contribution is 7.91. The van der Waals surface area contributed by atoms with E-state index in [2.05, 4.69) is 10.4 Å². The van der Waals surface area contributed by atoms with E-state index in [1.165, 1.54) is 4.68 Å². The second-order valence-electron chi connectivity index (χ2n) is 5.54. The van der Waals surface area contributed by atoms with E-state index in [1.807, 2.05) is 0 Å². The van der Waals surface area contributed by atoms with Gasteiger partial charge >= 0.3 is 0 Å². The third kappa shape index (κ3) is 4.27. The number of sulfone groups is 1. The zero-order valence-electron chi connectivity index (χ0n) is 12.7. The lowest BCUT2D eigenvalue weighted by Crippen LogP contribution is -2.35. The number of ether oxygens (including phenoxy) is 1. The molecule has 0 bridgehead atoms. The highest BCUT2D eigenvalue weighted by Crippen LogP contribution is 2.17. The summed E-state index contributed by atoms with van der Waals surface area (Å²) < 4.78 is 29.8. The molecule has 1 aliphatic heterocycles. The van der Waals surface area contributed by atoms with Gasteiger partial charge in [-0.05, 0) is 30.7 Å². The van der Waals surface area contributed by atoms with Crippen molar-refractivity contribution in [3.8, 4) is 5.75 Å². The molecule has 7 nitrogen and oxygen atoms in total. The van der Waals surface area contributed by atoms with Gasteiger partial charge in [0.25, 0.3) is 5.91 Å². The molecule has 1 aliphatic rings. The second-order valence-corrected chi connectivity index (χ2v) is 8.21. The Morgan fingerprint density at radius 3 is 2.96 bits per heavy atom. The van der Waals surface area contributed by atoms with Crippen molar-refractivity contribution in [2.24, 2.45) is 0 Å². The van der Waals surface area contributed by atoms with Crippen molar-refractivity contribution >= 4 is 27.3 Å². The Labute approximate surface area is 144 Å². The first-order chi connectivity index (χ1) is 11.4. The lowest BCUT2D eigenvalue weighted by Gasteiger charge is -2.09. The zero-order valence-corrected chi connectivity index (χ0v) is 14.3. The van der Waals surface area contributed by atoms with Gasteiger partial charge in [0.1, 0.15) is 11.4 Å². The maximum Gasteiger partial charge on any atom is 0.272 e. The largest absolute Gasteiger partial charge is 0.471 e. The monoisotopic (exact) mass is 369 g/mol. The Kier molecular flexibility index (Phi) is 4.77. The van der Waals surface area contributed by atoms with E-state index in [1.54, 1.807) is 36.5 Å². The number of benzene rings is 1. The van der Waals surface area contributed by atoms with Crippen LogP contribution < -0.4 is 10.1 Å². The van der Waals surface area contributed by atoms with Crippen LogP contribution in [0, 0.1) is 0 Å². The molecule has 1 N–H and O–H groups in total. The molecule has 3 rings (SSSR count). The SMILES string of the molecule is O=C(N[C@H]1CCS(=O)(=O)C1)c1ccn(COc2cccc(Cl)c2)n1. The number of rotatable bonds is 5. The predicted molar refractivity (Wildman–Crippen MR) is 88.8 cm³/mol. The zero-order chi connectivity index (χ0) is 17.2. The number of hydrogen-bond acceptors (Lipinski definition) is 5. The third-order valence-electron chi connectivity index (χ3n) is 3.60. The number of halogens is 1. The van der Waals surface area contributed by atoms with E-state index in [4.69, 9.17) is 16.3 Å². The summed E-state index contributed by atoms with van der Waals surface area (Å²) in [5.41, 5.74) is 0.217. The first-order valence-electron chi connectivity index (χ1n) is 7.34. The molecular weight excluding hydrogens is 354 g/mol. The Morgan fingerprint density at radius 2 is 2.25 bits per heavy atom. The van der Waals surface area contributed by atoms with Gasteiger partial charge in [-0.25, -0.2) is 13.1 Å². The van der Waals surface area contributed by atoms with Crippen LogP contribution in [0.15, 0.2) is 36.5 Å². The van der Waals surface area contributed by atoms with Crippen molar-refractivity contribution in [2.45, 2.75) is 19.2 Å². The predicted octanol–water partition coefficient (Wildman–Crippen LogP) is 1.49. The van der Waals surface area contributed by atoms with E-state index < -0.39 is 15.7 Å². The summed E-state index contributed by atoms with van der Waals surface area (Å²) in [7, 11) is -3.03. The minimum Gasteiger partial charge on any atom is -0.471 e. The van der Waals surface area contributed by atoms with Crippen LogP contribution in [0.2, 0.25) is 5.02 Å². The summed E-state index contributed by atoms with van der Waals surface area (Å²) in [5, 5.41) is 7.39. The van der Waals surface area contributed by atoms with Crippen molar-refractivity contribution in [3.05, 3.63) is 47.2 Å². The van der Waals surface area contributed by atoms with E-state index in [-0.39, 0.29) is 30.0 Å². The first-order valence-corrected chi connectivity index (χ1v) is 9.54. The van der Waals surface area contributed by atoms with Crippen LogP contribution in [-0.2, 0) is 16.6 Å². The minimum atomic E-state index is -3.03. The summed E-state index contributed by atoms with van der Waals surface area (Å²) in [4.78, 5) is 12.1. The number of amides is 1. The van der Waals surface area contributed by atoms with Gasteiger partial charge in [0.15, 0.2) is 16.6 Å². The normalized spacial score (nSPS) is 19.1. The molecular formula is C15H16ClN3O4S. The summed E-state index contributed by atoms with van der Waals surface area (Å²) in [6, 6.07) is 8.17. The molecule has 9 heteroatoms. The molecule has 1 aromatic carbocycles. The molecule has 1 amide bonds. The third-order valence-corrected chi connectivity index (χ3v) is 5.60. The van der Waals surface area contributed by atoms with Crippen LogP contribution in [-0.4, -0.2) is 41.7 Å². The summed E-state index contributed by atoms with van der Waals surface area (Å²) in [6.45, 7) is 0.130. The maximum absolute atomic E-state index is 12.1. The van der Waals surface area contributed by atoms with Crippen molar-refractivity contribution in [1.29, 1.82) is 0 Å². The Bertz CT molecular complexity index is 850. The van der Waals surface area contributed by atoms with Gasteiger partial charge in [0.05, 0.1) is 11.5 Å². The topological polar surface area (TPSA) is 90.3 Å². The van der Waals surface area contributed by atoms with Crippen LogP contribution in [0.1, 0.15) is 16.9 Å². The minimum absolute atomic E-state index is 0.0165. The van der Waals surface area contributed by atoms with Crippen LogP contribution in [0.4, 0.5) is 0 Å². The average molecular weight is 370 g/mol. The van der Waals surface area contributed by atoms with Crippen LogP contribution >= 0.6 is 11.6 Å². The molecule has 1 atom stereocenters. The Balaban J connectivity index is 1.56. The van der Waals surface area contributed by atoms with Gasteiger partial charge in [-0.1, -0.05) is 17.7 Å². The van der Waals surface area contributed by atoms with E-state index in [9.17, 15) is 13.2 Å². The summed E-state index contributed by atoms with van der Waals surface area (Å²) >= 11 is 5.88. The van der Waals surface area contributed by atoms with Gasteiger partial charge in [-0.3, -0.25) is 4.79 Å².